The molecule has 2 saturated carbocycles. The first-order valence-corrected chi connectivity index (χ1v) is 12.0. The van der Waals surface area contributed by atoms with Crippen molar-refractivity contribution in [3.63, 3.8) is 0 Å². The lowest BCUT2D eigenvalue weighted by Crippen LogP contribution is -2.47. The molecule has 3 aromatic rings. The fourth-order valence-corrected chi connectivity index (χ4v) is 6.29. The van der Waals surface area contributed by atoms with E-state index in [0.717, 1.165) is 6.54 Å². The van der Waals surface area contributed by atoms with Gasteiger partial charge in [-0.2, -0.15) is 10.2 Å². The molecule has 2 bridgehead atoms. The van der Waals surface area contributed by atoms with Crippen molar-refractivity contribution in [2.24, 2.45) is 23.5 Å². The van der Waals surface area contributed by atoms with E-state index in [0.29, 0.717) is 47.7 Å². The van der Waals surface area contributed by atoms with Crippen LogP contribution in [-0.2, 0) is 6.54 Å². The average molecular weight is 433 g/mol. The van der Waals surface area contributed by atoms with Crippen LogP contribution in [-0.4, -0.2) is 22.6 Å². The summed E-state index contributed by atoms with van der Waals surface area (Å²) in [5, 5.41) is 19.7. The third-order valence-electron chi connectivity index (χ3n) is 6.98. The summed E-state index contributed by atoms with van der Waals surface area (Å²) in [5.74, 6) is 3.05. The Morgan fingerprint density at radius 3 is 2.81 bits per heavy atom. The molecule has 0 spiro atoms. The lowest BCUT2D eigenvalue weighted by Gasteiger charge is -2.44. The second-order valence-corrected chi connectivity index (χ2v) is 9.84. The molecule has 31 heavy (non-hydrogen) atoms. The number of nitriles is 1. The molecule has 2 aliphatic rings. The monoisotopic (exact) mass is 432 g/mol. The molecule has 0 radical (unpaired) electrons. The highest BCUT2D eigenvalue weighted by Crippen LogP contribution is 2.41. The Morgan fingerprint density at radius 2 is 2.00 bits per heavy atom. The van der Waals surface area contributed by atoms with Gasteiger partial charge in [-0.25, -0.2) is 4.98 Å². The highest BCUT2D eigenvalue weighted by molar-refractivity contribution is 7.17. The van der Waals surface area contributed by atoms with Gasteiger partial charge in [-0.1, -0.05) is 24.6 Å². The minimum Gasteiger partial charge on any atom is -0.369 e. The quantitative estimate of drug-likeness (QED) is 0.520. The molecule has 0 saturated heterocycles. The molecule has 0 aliphatic heterocycles. The van der Waals surface area contributed by atoms with Gasteiger partial charge < -0.3 is 16.4 Å². The maximum atomic E-state index is 9.51. The molecule has 5 rings (SSSR count). The van der Waals surface area contributed by atoms with Crippen LogP contribution in [0.25, 0.3) is 10.1 Å². The molecule has 2 fully saturated rings. The lowest BCUT2D eigenvalue weighted by atomic mass is 9.65. The standard InChI is InChI=1S/C24H28N6S/c25-11-20-14-29-24(28-13-19-6-1-3-16-7-8-31-22(16)19)30-23(20)27-12-15-9-17-4-2-5-18(10-15)21(17)26/h1,3,6-8,14-15,17-18,21H,2,4-5,9-10,12-13,26H2,(H2,27,28,29,30)/t15?,17-,18+,21?. The number of thiophene rings is 1. The Bertz CT molecular complexity index is 1090. The Balaban J connectivity index is 1.25. The fourth-order valence-electron chi connectivity index (χ4n) is 5.37. The van der Waals surface area contributed by atoms with Gasteiger partial charge in [0.25, 0.3) is 0 Å². The van der Waals surface area contributed by atoms with E-state index in [2.05, 4.69) is 56.3 Å². The fraction of sp³-hybridized carbons (Fsp3) is 0.458. The molecule has 0 amide bonds. The van der Waals surface area contributed by atoms with Gasteiger partial charge in [-0.15, -0.1) is 11.3 Å². The average Bonchev–Trinajstić information content (AvgIpc) is 3.26. The van der Waals surface area contributed by atoms with Gasteiger partial charge in [0.15, 0.2) is 0 Å². The topological polar surface area (TPSA) is 99.6 Å². The first kappa shape index (κ1) is 20.2. The van der Waals surface area contributed by atoms with E-state index in [1.807, 2.05) is 0 Å². The summed E-state index contributed by atoms with van der Waals surface area (Å²) in [4.78, 5) is 8.97. The van der Waals surface area contributed by atoms with Gasteiger partial charge in [0.2, 0.25) is 5.95 Å². The zero-order chi connectivity index (χ0) is 21.2. The van der Waals surface area contributed by atoms with Gasteiger partial charge in [-0.3, -0.25) is 0 Å². The number of nitrogens with two attached hydrogens (primary N) is 1. The van der Waals surface area contributed by atoms with Crippen LogP contribution in [0.2, 0.25) is 0 Å². The van der Waals surface area contributed by atoms with Crippen LogP contribution in [0.1, 0.15) is 43.2 Å². The number of benzene rings is 1. The number of aromatic nitrogens is 2. The number of nitrogens with one attached hydrogen (secondary N) is 2. The van der Waals surface area contributed by atoms with Crippen LogP contribution in [0, 0.1) is 29.1 Å². The Hall–Kier alpha value is -2.69. The van der Waals surface area contributed by atoms with Crippen LogP contribution in [0.3, 0.4) is 0 Å². The molecule has 2 unspecified atom stereocenters. The number of rotatable bonds is 6. The molecule has 2 heterocycles. The predicted molar refractivity (Wildman–Crippen MR) is 126 cm³/mol. The minimum absolute atomic E-state index is 0.377. The van der Waals surface area contributed by atoms with Crippen molar-refractivity contribution in [2.75, 3.05) is 17.2 Å². The van der Waals surface area contributed by atoms with Crippen molar-refractivity contribution in [2.45, 2.75) is 44.7 Å². The Morgan fingerprint density at radius 1 is 1.16 bits per heavy atom. The van der Waals surface area contributed by atoms with Crippen molar-refractivity contribution >= 4 is 33.2 Å². The SMILES string of the molecule is N#Cc1cnc(NCc2cccc3ccsc23)nc1NCC1C[C@H]2CCC[C@@H](C1)C2N. The largest absolute Gasteiger partial charge is 0.369 e. The molecule has 4 N–H and O–H groups in total. The molecular formula is C24H28N6S. The number of fused-ring (bicyclic) bond motifs is 3. The summed E-state index contributed by atoms with van der Waals surface area (Å²) in [6, 6.07) is 11.1. The van der Waals surface area contributed by atoms with E-state index >= 15 is 0 Å². The van der Waals surface area contributed by atoms with Crippen molar-refractivity contribution in [1.29, 1.82) is 5.26 Å². The van der Waals surface area contributed by atoms with E-state index in [1.165, 1.54) is 47.8 Å². The maximum absolute atomic E-state index is 9.51. The smallest absolute Gasteiger partial charge is 0.224 e. The summed E-state index contributed by atoms with van der Waals surface area (Å²) in [5.41, 5.74) is 8.14. The number of nitrogens with zero attached hydrogens (tertiary/aromatic N) is 3. The van der Waals surface area contributed by atoms with Gasteiger partial charge in [0.05, 0.1) is 6.20 Å². The highest BCUT2D eigenvalue weighted by Gasteiger charge is 2.37. The lowest BCUT2D eigenvalue weighted by molar-refractivity contribution is 0.112. The normalized spacial score (nSPS) is 25.2. The van der Waals surface area contributed by atoms with Crippen molar-refractivity contribution < 1.29 is 0 Å². The zero-order valence-corrected chi connectivity index (χ0v) is 18.4. The van der Waals surface area contributed by atoms with Gasteiger partial charge in [0, 0.05) is 23.8 Å². The Kier molecular flexibility index (Phi) is 5.75. The predicted octanol–water partition coefficient (Wildman–Crippen LogP) is 4.74. The molecule has 160 valence electrons. The van der Waals surface area contributed by atoms with E-state index in [9.17, 15) is 5.26 Å². The Labute approximate surface area is 186 Å². The second-order valence-electron chi connectivity index (χ2n) is 8.92. The summed E-state index contributed by atoms with van der Waals surface area (Å²) < 4.78 is 1.28. The highest BCUT2D eigenvalue weighted by atomic mass is 32.1. The van der Waals surface area contributed by atoms with E-state index < -0.39 is 0 Å². The van der Waals surface area contributed by atoms with Crippen LogP contribution in [0.5, 0.6) is 0 Å². The molecule has 2 aromatic heterocycles. The first-order chi connectivity index (χ1) is 15.2. The number of hydrogen-bond acceptors (Lipinski definition) is 7. The molecule has 7 heteroatoms. The van der Waals surface area contributed by atoms with Crippen LogP contribution in [0.15, 0.2) is 35.8 Å². The maximum Gasteiger partial charge on any atom is 0.224 e. The van der Waals surface area contributed by atoms with Gasteiger partial charge in [0.1, 0.15) is 17.5 Å². The molecular weight excluding hydrogens is 404 g/mol. The van der Waals surface area contributed by atoms with E-state index in [4.69, 9.17) is 5.73 Å². The minimum atomic E-state index is 0.377. The molecule has 2 aliphatic carbocycles. The third kappa shape index (κ3) is 4.23. The van der Waals surface area contributed by atoms with Crippen molar-refractivity contribution in [1.82, 2.24) is 9.97 Å². The molecule has 1 aromatic carbocycles. The van der Waals surface area contributed by atoms with Crippen LogP contribution >= 0.6 is 11.3 Å². The molecule has 6 nitrogen and oxygen atoms in total. The second kappa shape index (κ2) is 8.81. The van der Waals surface area contributed by atoms with Crippen LogP contribution in [0.4, 0.5) is 11.8 Å². The summed E-state index contributed by atoms with van der Waals surface area (Å²) in [7, 11) is 0. The number of anilines is 2. The molecule has 4 atom stereocenters. The van der Waals surface area contributed by atoms with Crippen LogP contribution < -0.4 is 16.4 Å². The summed E-state index contributed by atoms with van der Waals surface area (Å²) in [6.45, 7) is 1.48. The third-order valence-corrected chi connectivity index (χ3v) is 7.98. The summed E-state index contributed by atoms with van der Waals surface area (Å²) >= 11 is 1.74. The summed E-state index contributed by atoms with van der Waals surface area (Å²) in [6.07, 6.45) is 7.80. The van der Waals surface area contributed by atoms with Crippen molar-refractivity contribution in [3.05, 3.63) is 47.0 Å². The van der Waals surface area contributed by atoms with Gasteiger partial charge in [-0.05, 0) is 65.8 Å². The zero-order valence-electron chi connectivity index (χ0n) is 17.6. The van der Waals surface area contributed by atoms with E-state index in [1.54, 1.807) is 17.5 Å². The number of hydrogen-bond donors (Lipinski definition) is 3. The van der Waals surface area contributed by atoms with Gasteiger partial charge >= 0.3 is 0 Å². The van der Waals surface area contributed by atoms with E-state index in [-0.39, 0.29) is 0 Å². The first-order valence-electron chi connectivity index (χ1n) is 11.2. The van der Waals surface area contributed by atoms with Crippen molar-refractivity contribution in [3.8, 4) is 6.07 Å².